The number of likely N-dealkylation sites (N-methyl/N-ethyl adjacent to an activating group) is 1. The smallest absolute Gasteiger partial charge is 0.446 e. The van der Waals surface area contributed by atoms with Crippen molar-refractivity contribution in [3.05, 3.63) is 59.7 Å². The number of carbonyl (C=O) groups is 2. The van der Waals surface area contributed by atoms with Crippen molar-refractivity contribution in [1.29, 1.82) is 0 Å². The topological polar surface area (TPSA) is 58.6 Å². The number of nitrogens with one attached hydrogen (secondary N) is 1. The SMILES string of the molecule is CCC(NC(=O)c1ccc(SC(F)(F)F)cc1)c1ccccc1OCC(=O)N(C)C. The van der Waals surface area contributed by atoms with Gasteiger partial charge in [-0.05, 0) is 48.5 Å². The maximum atomic E-state index is 12.6. The molecule has 0 saturated heterocycles. The molecule has 0 aliphatic carbocycles. The van der Waals surface area contributed by atoms with Crippen LogP contribution in [-0.4, -0.2) is 42.9 Å². The van der Waals surface area contributed by atoms with Gasteiger partial charge in [-0.15, -0.1) is 0 Å². The molecule has 0 heterocycles. The van der Waals surface area contributed by atoms with E-state index in [9.17, 15) is 22.8 Å². The van der Waals surface area contributed by atoms with Crippen LogP contribution in [0.1, 0.15) is 35.3 Å². The molecule has 0 bridgehead atoms. The second kappa shape index (κ2) is 10.4. The monoisotopic (exact) mass is 440 g/mol. The Balaban J connectivity index is 2.11. The highest BCUT2D eigenvalue weighted by atomic mass is 32.2. The molecule has 0 radical (unpaired) electrons. The number of thioether (sulfide) groups is 1. The van der Waals surface area contributed by atoms with E-state index in [-0.39, 0.29) is 34.7 Å². The van der Waals surface area contributed by atoms with Crippen LogP contribution in [0.3, 0.4) is 0 Å². The quantitative estimate of drug-likeness (QED) is 0.608. The summed E-state index contributed by atoms with van der Waals surface area (Å²) in [5, 5.41) is 2.87. The molecule has 0 aliphatic heterocycles. The average Bonchev–Trinajstić information content (AvgIpc) is 2.69. The van der Waals surface area contributed by atoms with Gasteiger partial charge in [-0.2, -0.15) is 13.2 Å². The van der Waals surface area contributed by atoms with Crippen molar-refractivity contribution < 1.29 is 27.5 Å². The molecule has 1 atom stereocenters. The maximum absolute atomic E-state index is 12.6. The van der Waals surface area contributed by atoms with Gasteiger partial charge in [0.15, 0.2) is 6.61 Å². The predicted molar refractivity (Wildman–Crippen MR) is 109 cm³/mol. The summed E-state index contributed by atoms with van der Waals surface area (Å²) >= 11 is -0.231. The number of carbonyl (C=O) groups excluding carboxylic acids is 2. The van der Waals surface area contributed by atoms with Gasteiger partial charge in [0.05, 0.1) is 6.04 Å². The lowest BCUT2D eigenvalue weighted by atomic mass is 10.0. The number of hydrogen-bond acceptors (Lipinski definition) is 4. The first-order valence-electron chi connectivity index (χ1n) is 9.19. The number of hydrogen-bond donors (Lipinski definition) is 1. The molecule has 0 aromatic heterocycles. The zero-order valence-corrected chi connectivity index (χ0v) is 17.6. The molecule has 0 saturated carbocycles. The third-order valence-electron chi connectivity index (χ3n) is 4.21. The van der Waals surface area contributed by atoms with Crippen LogP contribution < -0.4 is 10.1 Å². The summed E-state index contributed by atoms with van der Waals surface area (Å²) in [6.45, 7) is 1.75. The van der Waals surface area contributed by atoms with Gasteiger partial charge in [0, 0.05) is 30.1 Å². The van der Waals surface area contributed by atoms with Crippen LogP contribution in [-0.2, 0) is 4.79 Å². The zero-order chi connectivity index (χ0) is 22.3. The highest BCUT2D eigenvalue weighted by Gasteiger charge is 2.29. The van der Waals surface area contributed by atoms with Crippen LogP contribution in [0.15, 0.2) is 53.4 Å². The van der Waals surface area contributed by atoms with E-state index in [0.29, 0.717) is 17.7 Å². The summed E-state index contributed by atoms with van der Waals surface area (Å²) in [5.41, 5.74) is -3.42. The number of ether oxygens (including phenoxy) is 1. The first-order chi connectivity index (χ1) is 14.1. The summed E-state index contributed by atoms with van der Waals surface area (Å²) in [6.07, 6.45) is 0.551. The molecule has 1 unspecified atom stereocenters. The fraction of sp³-hybridized carbons (Fsp3) is 0.333. The van der Waals surface area contributed by atoms with Gasteiger partial charge in [-0.3, -0.25) is 9.59 Å². The minimum atomic E-state index is -4.38. The van der Waals surface area contributed by atoms with Crippen molar-refractivity contribution >= 4 is 23.6 Å². The van der Waals surface area contributed by atoms with Gasteiger partial charge >= 0.3 is 5.51 Å². The van der Waals surface area contributed by atoms with Gasteiger partial charge in [-0.1, -0.05) is 25.1 Å². The molecule has 1 N–H and O–H groups in total. The molecule has 2 amide bonds. The summed E-state index contributed by atoms with van der Waals surface area (Å²) in [6, 6.07) is 11.9. The molecule has 2 rings (SSSR count). The van der Waals surface area contributed by atoms with Crippen LogP contribution in [0.5, 0.6) is 5.75 Å². The first kappa shape index (κ1) is 23.6. The summed E-state index contributed by atoms with van der Waals surface area (Å²) in [4.78, 5) is 25.8. The number of alkyl halides is 3. The number of para-hydroxylation sites is 1. The van der Waals surface area contributed by atoms with Gasteiger partial charge < -0.3 is 15.0 Å². The third-order valence-corrected chi connectivity index (χ3v) is 4.95. The Hall–Kier alpha value is -2.68. The number of halogens is 3. The molecule has 0 aliphatic rings. The minimum Gasteiger partial charge on any atom is -0.483 e. The van der Waals surface area contributed by atoms with Crippen molar-refractivity contribution in [2.45, 2.75) is 29.8 Å². The van der Waals surface area contributed by atoms with Crippen LogP contribution >= 0.6 is 11.8 Å². The number of rotatable bonds is 8. The minimum absolute atomic E-state index is 0.00963. The Kier molecular flexibility index (Phi) is 8.16. The largest absolute Gasteiger partial charge is 0.483 e. The highest BCUT2D eigenvalue weighted by molar-refractivity contribution is 8.00. The van der Waals surface area contributed by atoms with E-state index in [1.807, 2.05) is 6.92 Å². The van der Waals surface area contributed by atoms with Crippen molar-refractivity contribution in [1.82, 2.24) is 10.2 Å². The molecular formula is C21H23F3N2O3S. The second-order valence-electron chi connectivity index (χ2n) is 6.62. The lowest BCUT2D eigenvalue weighted by Crippen LogP contribution is -2.30. The zero-order valence-electron chi connectivity index (χ0n) is 16.8. The van der Waals surface area contributed by atoms with E-state index in [0.717, 1.165) is 0 Å². The molecule has 30 heavy (non-hydrogen) atoms. The fourth-order valence-corrected chi connectivity index (χ4v) is 3.16. The first-order valence-corrected chi connectivity index (χ1v) is 10.0. The van der Waals surface area contributed by atoms with E-state index >= 15 is 0 Å². The lowest BCUT2D eigenvalue weighted by molar-refractivity contribution is -0.130. The number of benzene rings is 2. The molecule has 0 fully saturated rings. The number of nitrogens with zero attached hydrogens (tertiary/aromatic N) is 1. The maximum Gasteiger partial charge on any atom is 0.446 e. The van der Waals surface area contributed by atoms with Gasteiger partial charge in [-0.25, -0.2) is 0 Å². The Morgan fingerprint density at radius 3 is 2.30 bits per heavy atom. The van der Waals surface area contributed by atoms with Crippen molar-refractivity contribution in [2.24, 2.45) is 0 Å². The van der Waals surface area contributed by atoms with Gasteiger partial charge in [0.25, 0.3) is 11.8 Å². The summed E-state index contributed by atoms with van der Waals surface area (Å²) in [5.74, 6) is -0.125. The predicted octanol–water partition coefficient (Wildman–Crippen LogP) is 4.65. The molecule has 2 aromatic rings. The Morgan fingerprint density at radius 1 is 1.10 bits per heavy atom. The molecular weight excluding hydrogens is 417 g/mol. The van der Waals surface area contributed by atoms with Crippen LogP contribution in [0.4, 0.5) is 13.2 Å². The molecule has 0 spiro atoms. The van der Waals surface area contributed by atoms with E-state index in [1.54, 1.807) is 38.4 Å². The van der Waals surface area contributed by atoms with E-state index in [1.165, 1.54) is 29.2 Å². The van der Waals surface area contributed by atoms with Gasteiger partial charge in [0.1, 0.15) is 5.75 Å². The standard InChI is InChI=1S/C21H23F3N2O3S/c1-4-17(16-7-5-6-8-18(16)29-13-19(27)26(2)3)25-20(28)14-9-11-15(12-10-14)30-21(22,23)24/h5-12,17H,4,13H2,1-3H3,(H,25,28). The summed E-state index contributed by atoms with van der Waals surface area (Å²) < 4.78 is 43.0. The van der Waals surface area contributed by atoms with Crippen LogP contribution in [0.25, 0.3) is 0 Å². The normalized spacial score (nSPS) is 12.2. The Morgan fingerprint density at radius 2 is 1.73 bits per heavy atom. The summed E-state index contributed by atoms with van der Waals surface area (Å²) in [7, 11) is 3.26. The molecule has 2 aromatic carbocycles. The van der Waals surface area contributed by atoms with Crippen molar-refractivity contribution in [3.8, 4) is 5.75 Å². The molecule has 9 heteroatoms. The Labute approximate surface area is 177 Å². The number of amides is 2. The van der Waals surface area contributed by atoms with Gasteiger partial charge in [0.2, 0.25) is 0 Å². The van der Waals surface area contributed by atoms with E-state index in [4.69, 9.17) is 4.74 Å². The lowest BCUT2D eigenvalue weighted by Gasteiger charge is -2.21. The van der Waals surface area contributed by atoms with Crippen molar-refractivity contribution in [3.63, 3.8) is 0 Å². The highest BCUT2D eigenvalue weighted by Crippen LogP contribution is 2.36. The van der Waals surface area contributed by atoms with Crippen molar-refractivity contribution in [2.75, 3.05) is 20.7 Å². The second-order valence-corrected chi connectivity index (χ2v) is 7.76. The van der Waals surface area contributed by atoms with E-state index in [2.05, 4.69) is 5.32 Å². The molecule has 162 valence electrons. The fourth-order valence-electron chi connectivity index (χ4n) is 2.62. The Bertz CT molecular complexity index is 871. The molecule has 5 nitrogen and oxygen atoms in total. The average molecular weight is 440 g/mol. The third kappa shape index (κ3) is 6.98. The van der Waals surface area contributed by atoms with Crippen LogP contribution in [0, 0.1) is 0 Å². The van der Waals surface area contributed by atoms with Crippen LogP contribution in [0.2, 0.25) is 0 Å². The van der Waals surface area contributed by atoms with E-state index < -0.39 is 17.5 Å².